The van der Waals surface area contributed by atoms with E-state index in [0.717, 1.165) is 25.7 Å². The third-order valence-electron chi connectivity index (χ3n) is 3.57. The number of hydrogen-bond donors (Lipinski definition) is 2. The summed E-state index contributed by atoms with van der Waals surface area (Å²) in [6, 6.07) is 0. The standard InChI is InChI=1S/C12H21F3N2OS.ClH/c13-12(14,15)19-7-6-17-10(18)8-11(9-16)4-2-1-3-5-11;/h1-9,16H2,(H,17,18);1H. The SMILES string of the molecule is Cl.NCC1(CC(=O)NCCSC(F)(F)F)CCCCC1. The van der Waals surface area contributed by atoms with Crippen molar-refractivity contribution in [3.05, 3.63) is 0 Å². The maximum atomic E-state index is 11.9. The monoisotopic (exact) mass is 334 g/mol. The van der Waals surface area contributed by atoms with E-state index in [4.69, 9.17) is 5.73 Å². The summed E-state index contributed by atoms with van der Waals surface area (Å²) in [5, 5.41) is 2.55. The molecule has 0 aromatic carbocycles. The number of hydrogen-bond acceptors (Lipinski definition) is 3. The second kappa shape index (κ2) is 9.00. The van der Waals surface area contributed by atoms with Gasteiger partial charge in [-0.2, -0.15) is 13.2 Å². The number of alkyl halides is 3. The van der Waals surface area contributed by atoms with Gasteiger partial charge in [0.15, 0.2) is 0 Å². The predicted octanol–water partition coefficient (Wildman–Crippen LogP) is 3.08. The van der Waals surface area contributed by atoms with E-state index in [-0.39, 0.29) is 47.8 Å². The van der Waals surface area contributed by atoms with Crippen molar-refractivity contribution < 1.29 is 18.0 Å². The molecule has 8 heteroatoms. The van der Waals surface area contributed by atoms with E-state index in [2.05, 4.69) is 5.32 Å². The highest BCUT2D eigenvalue weighted by molar-refractivity contribution is 8.00. The van der Waals surface area contributed by atoms with Crippen LogP contribution in [0.15, 0.2) is 0 Å². The fraction of sp³-hybridized carbons (Fsp3) is 0.917. The van der Waals surface area contributed by atoms with Crippen LogP contribution in [0, 0.1) is 5.41 Å². The van der Waals surface area contributed by atoms with Crippen LogP contribution in [-0.2, 0) is 4.79 Å². The highest BCUT2D eigenvalue weighted by Crippen LogP contribution is 2.38. The summed E-state index contributed by atoms with van der Waals surface area (Å²) < 4.78 is 35.7. The molecule has 0 radical (unpaired) electrons. The van der Waals surface area contributed by atoms with E-state index in [1.807, 2.05) is 0 Å². The van der Waals surface area contributed by atoms with Gasteiger partial charge in [-0.25, -0.2) is 0 Å². The molecule has 0 atom stereocenters. The summed E-state index contributed by atoms with van der Waals surface area (Å²) in [5.41, 5.74) is 1.40. The van der Waals surface area contributed by atoms with Crippen molar-refractivity contribution >= 4 is 30.1 Å². The van der Waals surface area contributed by atoms with Gasteiger partial charge in [-0.1, -0.05) is 19.3 Å². The number of nitrogens with one attached hydrogen (secondary N) is 1. The normalized spacial score (nSPS) is 18.2. The van der Waals surface area contributed by atoms with Gasteiger partial charge in [0.1, 0.15) is 0 Å². The van der Waals surface area contributed by atoms with Gasteiger partial charge in [-0.15, -0.1) is 12.4 Å². The molecule has 3 nitrogen and oxygen atoms in total. The Morgan fingerprint density at radius 1 is 1.25 bits per heavy atom. The second-order valence-electron chi connectivity index (χ2n) is 5.09. The average molecular weight is 335 g/mol. The van der Waals surface area contributed by atoms with Crippen LogP contribution in [0.25, 0.3) is 0 Å². The van der Waals surface area contributed by atoms with Crippen LogP contribution in [-0.4, -0.2) is 30.3 Å². The van der Waals surface area contributed by atoms with Gasteiger partial charge in [-0.3, -0.25) is 4.79 Å². The van der Waals surface area contributed by atoms with Gasteiger partial charge in [0.05, 0.1) is 0 Å². The lowest BCUT2D eigenvalue weighted by Crippen LogP contribution is -2.39. The molecule has 3 N–H and O–H groups in total. The Morgan fingerprint density at radius 2 is 1.85 bits per heavy atom. The van der Waals surface area contributed by atoms with Crippen LogP contribution in [0.3, 0.4) is 0 Å². The van der Waals surface area contributed by atoms with Crippen molar-refractivity contribution in [1.29, 1.82) is 0 Å². The van der Waals surface area contributed by atoms with E-state index >= 15 is 0 Å². The molecule has 1 saturated carbocycles. The summed E-state index contributed by atoms with van der Waals surface area (Å²) in [4.78, 5) is 11.7. The van der Waals surface area contributed by atoms with Gasteiger partial charge in [-0.05, 0) is 36.6 Å². The smallest absolute Gasteiger partial charge is 0.355 e. The number of carbonyl (C=O) groups is 1. The molecular formula is C12H22ClF3N2OS. The Labute approximate surface area is 128 Å². The molecule has 0 heterocycles. The first kappa shape index (κ1) is 19.9. The Hall–Kier alpha value is -0.140. The molecule has 1 rings (SSSR count). The number of thioether (sulfide) groups is 1. The molecule has 0 aromatic heterocycles. The van der Waals surface area contributed by atoms with Crippen LogP contribution < -0.4 is 11.1 Å². The third kappa shape index (κ3) is 7.59. The van der Waals surface area contributed by atoms with Crippen molar-refractivity contribution in [2.45, 2.75) is 44.0 Å². The lowest BCUT2D eigenvalue weighted by Gasteiger charge is -2.35. The number of carbonyl (C=O) groups excluding carboxylic acids is 1. The highest BCUT2D eigenvalue weighted by atomic mass is 35.5. The van der Waals surface area contributed by atoms with Crippen molar-refractivity contribution in [3.63, 3.8) is 0 Å². The molecule has 0 spiro atoms. The third-order valence-corrected chi connectivity index (χ3v) is 4.31. The highest BCUT2D eigenvalue weighted by Gasteiger charge is 2.33. The van der Waals surface area contributed by atoms with Crippen molar-refractivity contribution in [3.8, 4) is 0 Å². The Balaban J connectivity index is 0.00000361. The molecule has 1 fully saturated rings. The molecule has 0 saturated heterocycles. The molecule has 20 heavy (non-hydrogen) atoms. The van der Waals surface area contributed by atoms with E-state index in [1.165, 1.54) is 6.42 Å². The zero-order valence-electron chi connectivity index (χ0n) is 11.3. The zero-order chi connectivity index (χ0) is 14.4. The first-order valence-corrected chi connectivity index (χ1v) is 7.53. The van der Waals surface area contributed by atoms with Gasteiger partial charge in [0.2, 0.25) is 5.91 Å². The molecule has 1 aliphatic rings. The largest absolute Gasteiger partial charge is 0.441 e. The number of amides is 1. The minimum Gasteiger partial charge on any atom is -0.355 e. The molecule has 1 aliphatic carbocycles. The van der Waals surface area contributed by atoms with E-state index in [1.54, 1.807) is 0 Å². The van der Waals surface area contributed by atoms with E-state index < -0.39 is 5.51 Å². The summed E-state index contributed by atoms with van der Waals surface area (Å²) in [7, 11) is 0. The van der Waals surface area contributed by atoms with E-state index in [0.29, 0.717) is 13.0 Å². The van der Waals surface area contributed by atoms with Crippen LogP contribution >= 0.6 is 24.2 Å². The van der Waals surface area contributed by atoms with Crippen LogP contribution in [0.1, 0.15) is 38.5 Å². The number of rotatable bonds is 6. The van der Waals surface area contributed by atoms with Gasteiger partial charge >= 0.3 is 5.51 Å². The lowest BCUT2D eigenvalue weighted by molar-refractivity contribution is -0.123. The first-order valence-electron chi connectivity index (χ1n) is 6.54. The van der Waals surface area contributed by atoms with Crippen molar-refractivity contribution in [2.24, 2.45) is 11.1 Å². The Bertz CT molecular complexity index is 297. The van der Waals surface area contributed by atoms with Crippen molar-refractivity contribution in [2.75, 3.05) is 18.8 Å². The van der Waals surface area contributed by atoms with Gasteiger partial charge < -0.3 is 11.1 Å². The quantitative estimate of drug-likeness (QED) is 0.734. The molecule has 0 unspecified atom stereocenters. The molecule has 1 amide bonds. The Kier molecular flexibility index (Phi) is 8.93. The average Bonchev–Trinajstić information content (AvgIpc) is 2.35. The molecule has 0 bridgehead atoms. The number of nitrogens with two attached hydrogens (primary N) is 1. The zero-order valence-corrected chi connectivity index (χ0v) is 12.9. The fourth-order valence-corrected chi connectivity index (χ4v) is 2.95. The maximum Gasteiger partial charge on any atom is 0.441 e. The fourth-order valence-electron chi connectivity index (χ4n) is 2.52. The summed E-state index contributed by atoms with van der Waals surface area (Å²) in [6.07, 6.45) is 5.54. The minimum absolute atomic E-state index is 0. The summed E-state index contributed by atoms with van der Waals surface area (Å²) in [6.45, 7) is 0.515. The second-order valence-corrected chi connectivity index (χ2v) is 6.25. The minimum atomic E-state index is -4.23. The predicted molar refractivity (Wildman–Crippen MR) is 78.0 cm³/mol. The maximum absolute atomic E-state index is 11.9. The number of halogens is 4. The van der Waals surface area contributed by atoms with Crippen molar-refractivity contribution in [1.82, 2.24) is 5.32 Å². The lowest BCUT2D eigenvalue weighted by atomic mass is 9.72. The van der Waals surface area contributed by atoms with Crippen LogP contribution in [0.5, 0.6) is 0 Å². The molecule has 120 valence electrons. The van der Waals surface area contributed by atoms with E-state index in [9.17, 15) is 18.0 Å². The molecule has 0 aromatic rings. The van der Waals surface area contributed by atoms with Gasteiger partial charge in [0.25, 0.3) is 0 Å². The molecular weight excluding hydrogens is 313 g/mol. The van der Waals surface area contributed by atoms with Crippen LogP contribution in [0.4, 0.5) is 13.2 Å². The Morgan fingerprint density at radius 3 is 2.35 bits per heavy atom. The first-order chi connectivity index (χ1) is 8.87. The topological polar surface area (TPSA) is 55.1 Å². The van der Waals surface area contributed by atoms with Crippen LogP contribution in [0.2, 0.25) is 0 Å². The molecule has 0 aliphatic heterocycles. The summed E-state index contributed by atoms with van der Waals surface area (Å²) in [5.74, 6) is -0.333. The summed E-state index contributed by atoms with van der Waals surface area (Å²) >= 11 is -0.113. The van der Waals surface area contributed by atoms with Gasteiger partial charge in [0, 0.05) is 18.7 Å².